The predicted octanol–water partition coefficient (Wildman–Crippen LogP) is 3.21. The van der Waals surface area contributed by atoms with E-state index in [1.807, 2.05) is 30.3 Å². The van der Waals surface area contributed by atoms with Crippen LogP contribution in [0.1, 0.15) is 15.9 Å². The van der Waals surface area contributed by atoms with Gasteiger partial charge in [-0.2, -0.15) is 0 Å². The molecule has 0 atom stereocenters. The third-order valence-corrected chi connectivity index (χ3v) is 4.99. The lowest BCUT2D eigenvalue weighted by Gasteiger charge is -2.08. The Hall–Kier alpha value is -3.16. The number of carbonyl (C=O) groups is 1. The molecule has 0 fully saturated rings. The van der Waals surface area contributed by atoms with Crippen molar-refractivity contribution in [3.63, 3.8) is 0 Å². The van der Waals surface area contributed by atoms with Crippen LogP contribution in [-0.2, 0) is 16.4 Å². The zero-order valence-electron chi connectivity index (χ0n) is 15.0. The molecule has 3 aromatic carbocycles. The fourth-order valence-corrected chi connectivity index (χ4v) is 3.08. The van der Waals surface area contributed by atoms with Crippen LogP contribution in [0.25, 0.3) is 0 Å². The van der Waals surface area contributed by atoms with Crippen LogP contribution < -0.4 is 15.2 Å². The molecule has 3 aromatic rings. The first-order valence-corrected chi connectivity index (χ1v) is 10.2. The molecule has 7 heteroatoms. The lowest BCUT2D eigenvalue weighted by atomic mass is 10.2. The van der Waals surface area contributed by atoms with Crippen molar-refractivity contribution in [3.05, 3.63) is 90.0 Å². The number of amides is 1. The Morgan fingerprint density at radius 3 is 2.14 bits per heavy atom. The van der Waals surface area contributed by atoms with Gasteiger partial charge >= 0.3 is 0 Å². The fraction of sp³-hybridized carbons (Fsp3) is 0.0952. The van der Waals surface area contributed by atoms with E-state index >= 15 is 0 Å². The molecule has 0 unspecified atom stereocenters. The van der Waals surface area contributed by atoms with E-state index < -0.39 is 10.0 Å². The average molecular weight is 396 g/mol. The van der Waals surface area contributed by atoms with E-state index in [4.69, 9.17) is 9.88 Å². The van der Waals surface area contributed by atoms with Crippen LogP contribution in [0.5, 0.6) is 5.75 Å². The van der Waals surface area contributed by atoms with Crippen LogP contribution in [-0.4, -0.2) is 20.9 Å². The second-order valence-corrected chi connectivity index (χ2v) is 7.69. The smallest absolute Gasteiger partial charge is 0.255 e. The first-order valence-electron chi connectivity index (χ1n) is 8.63. The number of hydrogen-bond donors (Lipinski definition) is 2. The zero-order valence-corrected chi connectivity index (χ0v) is 15.9. The van der Waals surface area contributed by atoms with Gasteiger partial charge in [0.05, 0.1) is 11.5 Å². The number of sulfonamides is 1. The number of anilines is 1. The van der Waals surface area contributed by atoms with E-state index in [1.165, 1.54) is 29.8 Å². The van der Waals surface area contributed by atoms with Gasteiger partial charge in [-0.1, -0.05) is 30.3 Å². The van der Waals surface area contributed by atoms with Crippen molar-refractivity contribution in [2.24, 2.45) is 5.14 Å². The van der Waals surface area contributed by atoms with Crippen LogP contribution >= 0.6 is 0 Å². The van der Waals surface area contributed by atoms with E-state index in [9.17, 15) is 13.2 Å². The molecule has 0 heterocycles. The molecule has 0 bridgehead atoms. The van der Waals surface area contributed by atoms with Gasteiger partial charge in [0.25, 0.3) is 5.91 Å². The number of carbonyl (C=O) groups excluding carboxylic acids is 1. The standard InChI is InChI=1S/C21H20N2O4S/c22-28(25,26)20-12-8-18(9-13-20)23-21(24)17-6-10-19(11-7-17)27-15-14-16-4-2-1-3-5-16/h1-13H,14-15H2,(H,23,24)(H2,22,25,26). The monoisotopic (exact) mass is 396 g/mol. The number of nitrogens with one attached hydrogen (secondary N) is 1. The number of primary sulfonamides is 1. The summed E-state index contributed by atoms with van der Waals surface area (Å²) in [5.41, 5.74) is 2.14. The van der Waals surface area contributed by atoms with E-state index in [1.54, 1.807) is 24.3 Å². The van der Waals surface area contributed by atoms with Crippen molar-refractivity contribution in [2.45, 2.75) is 11.3 Å². The average Bonchev–Trinajstić information content (AvgIpc) is 2.69. The van der Waals surface area contributed by atoms with E-state index in [0.717, 1.165) is 6.42 Å². The summed E-state index contributed by atoms with van der Waals surface area (Å²) in [5.74, 6) is 0.379. The molecule has 0 aliphatic carbocycles. The summed E-state index contributed by atoms with van der Waals surface area (Å²) in [6.45, 7) is 0.548. The molecule has 0 radical (unpaired) electrons. The Kier molecular flexibility index (Phi) is 6.08. The lowest BCUT2D eigenvalue weighted by Crippen LogP contribution is -2.13. The van der Waals surface area contributed by atoms with Crippen LogP contribution in [0.15, 0.2) is 83.8 Å². The van der Waals surface area contributed by atoms with Crippen molar-refractivity contribution in [3.8, 4) is 5.75 Å². The van der Waals surface area contributed by atoms with Crippen LogP contribution in [0.4, 0.5) is 5.69 Å². The summed E-state index contributed by atoms with van der Waals surface area (Å²) in [5, 5.41) is 7.76. The third kappa shape index (κ3) is 5.42. The highest BCUT2D eigenvalue weighted by atomic mass is 32.2. The van der Waals surface area contributed by atoms with E-state index in [0.29, 0.717) is 23.6 Å². The minimum atomic E-state index is -3.76. The van der Waals surface area contributed by atoms with Crippen LogP contribution in [0.2, 0.25) is 0 Å². The van der Waals surface area contributed by atoms with E-state index in [-0.39, 0.29) is 10.8 Å². The molecular weight excluding hydrogens is 376 g/mol. The van der Waals surface area contributed by atoms with Crippen molar-refractivity contribution in [2.75, 3.05) is 11.9 Å². The van der Waals surface area contributed by atoms with Gasteiger partial charge in [-0.15, -0.1) is 0 Å². The summed E-state index contributed by atoms with van der Waals surface area (Å²) in [6.07, 6.45) is 0.803. The minimum Gasteiger partial charge on any atom is -0.493 e. The van der Waals surface area contributed by atoms with Gasteiger partial charge in [0.1, 0.15) is 5.75 Å². The highest BCUT2D eigenvalue weighted by Crippen LogP contribution is 2.16. The SMILES string of the molecule is NS(=O)(=O)c1ccc(NC(=O)c2ccc(OCCc3ccccc3)cc2)cc1. The first-order chi connectivity index (χ1) is 13.4. The quantitative estimate of drug-likeness (QED) is 0.641. The lowest BCUT2D eigenvalue weighted by molar-refractivity contribution is 0.102. The second kappa shape index (κ2) is 8.69. The molecule has 6 nitrogen and oxygen atoms in total. The van der Waals surface area contributed by atoms with Crippen LogP contribution in [0, 0.1) is 0 Å². The normalized spacial score (nSPS) is 11.0. The summed E-state index contributed by atoms with van der Waals surface area (Å²) in [4.78, 5) is 12.3. The summed E-state index contributed by atoms with van der Waals surface area (Å²) >= 11 is 0. The largest absolute Gasteiger partial charge is 0.493 e. The summed E-state index contributed by atoms with van der Waals surface area (Å²) < 4.78 is 28.2. The Labute approximate surface area is 164 Å². The summed E-state index contributed by atoms with van der Waals surface area (Å²) in [6, 6.07) is 22.5. The number of benzene rings is 3. The Bertz CT molecular complexity index is 1030. The highest BCUT2D eigenvalue weighted by Gasteiger charge is 2.09. The maximum atomic E-state index is 12.3. The molecule has 0 aliphatic heterocycles. The Morgan fingerprint density at radius 2 is 1.54 bits per heavy atom. The van der Waals surface area contributed by atoms with Gasteiger partial charge < -0.3 is 10.1 Å². The van der Waals surface area contributed by atoms with Crippen LogP contribution in [0.3, 0.4) is 0 Å². The van der Waals surface area contributed by atoms with Gasteiger partial charge in [-0.25, -0.2) is 13.6 Å². The molecule has 0 aromatic heterocycles. The summed E-state index contributed by atoms with van der Waals surface area (Å²) in [7, 11) is -3.76. The van der Waals surface area contributed by atoms with Gasteiger partial charge in [-0.3, -0.25) is 4.79 Å². The van der Waals surface area contributed by atoms with Crippen molar-refractivity contribution in [1.29, 1.82) is 0 Å². The second-order valence-electron chi connectivity index (χ2n) is 6.13. The molecule has 0 aliphatic rings. The maximum Gasteiger partial charge on any atom is 0.255 e. The zero-order chi connectivity index (χ0) is 20.0. The molecule has 0 saturated carbocycles. The molecule has 0 saturated heterocycles. The molecular formula is C21H20N2O4S. The number of hydrogen-bond acceptors (Lipinski definition) is 4. The number of nitrogens with two attached hydrogens (primary N) is 1. The molecule has 144 valence electrons. The van der Waals surface area contributed by atoms with Crippen molar-refractivity contribution < 1.29 is 17.9 Å². The van der Waals surface area contributed by atoms with E-state index in [2.05, 4.69) is 5.32 Å². The first kappa shape index (κ1) is 19.6. The van der Waals surface area contributed by atoms with Crippen molar-refractivity contribution in [1.82, 2.24) is 0 Å². The molecule has 28 heavy (non-hydrogen) atoms. The predicted molar refractivity (Wildman–Crippen MR) is 108 cm³/mol. The van der Waals surface area contributed by atoms with Gasteiger partial charge in [-0.05, 0) is 54.1 Å². The van der Waals surface area contributed by atoms with Crippen molar-refractivity contribution >= 4 is 21.6 Å². The Morgan fingerprint density at radius 1 is 0.893 bits per heavy atom. The molecule has 1 amide bonds. The molecule has 0 spiro atoms. The topological polar surface area (TPSA) is 98.5 Å². The number of rotatable bonds is 7. The third-order valence-electron chi connectivity index (χ3n) is 4.06. The molecule has 3 N–H and O–H groups in total. The van der Waals surface area contributed by atoms with Gasteiger partial charge in [0, 0.05) is 17.7 Å². The van der Waals surface area contributed by atoms with Gasteiger partial charge in [0.15, 0.2) is 0 Å². The minimum absolute atomic E-state index is 0.0116. The fourth-order valence-electron chi connectivity index (χ4n) is 2.57. The van der Waals surface area contributed by atoms with Gasteiger partial charge in [0.2, 0.25) is 10.0 Å². The molecule has 3 rings (SSSR count). The Balaban J connectivity index is 1.54. The highest BCUT2D eigenvalue weighted by molar-refractivity contribution is 7.89. The number of ether oxygens (including phenoxy) is 1. The maximum absolute atomic E-state index is 12.3.